The maximum atomic E-state index is 12.3. The van der Waals surface area contributed by atoms with Crippen LogP contribution in [0.15, 0.2) is 24.3 Å². The van der Waals surface area contributed by atoms with E-state index in [4.69, 9.17) is 5.73 Å². The summed E-state index contributed by atoms with van der Waals surface area (Å²) in [6, 6.07) is 8.11. The number of nitrogen functional groups attached to an aromatic ring is 1. The monoisotopic (exact) mass is 275 g/mol. The number of likely N-dealkylation sites (tertiary alicyclic amines) is 1. The third kappa shape index (κ3) is 3.51. The van der Waals surface area contributed by atoms with Crippen molar-refractivity contribution in [3.05, 3.63) is 29.8 Å². The van der Waals surface area contributed by atoms with E-state index >= 15 is 0 Å². The first-order valence-electron chi connectivity index (χ1n) is 7.43. The molecule has 2 N–H and O–H groups in total. The first-order valence-corrected chi connectivity index (χ1v) is 7.43. The first-order chi connectivity index (χ1) is 9.61. The fourth-order valence-electron chi connectivity index (χ4n) is 2.93. The van der Waals surface area contributed by atoms with Crippen molar-refractivity contribution in [2.45, 2.75) is 32.2 Å². The SMILES string of the molecule is CCN1CCCC1CN(C)C(=O)Cc1ccccc1N. The minimum atomic E-state index is 0.144. The van der Waals surface area contributed by atoms with E-state index in [1.165, 1.54) is 12.8 Å². The van der Waals surface area contributed by atoms with Gasteiger partial charge in [0.05, 0.1) is 6.42 Å². The molecular formula is C16H25N3O. The quantitative estimate of drug-likeness (QED) is 0.833. The van der Waals surface area contributed by atoms with Crippen LogP contribution in [0.5, 0.6) is 0 Å². The lowest BCUT2D eigenvalue weighted by Crippen LogP contribution is -2.41. The van der Waals surface area contributed by atoms with E-state index in [1.807, 2.05) is 36.2 Å². The van der Waals surface area contributed by atoms with Gasteiger partial charge in [-0.25, -0.2) is 0 Å². The van der Waals surface area contributed by atoms with Crippen LogP contribution in [0.4, 0.5) is 5.69 Å². The lowest BCUT2D eigenvalue weighted by molar-refractivity contribution is -0.129. The number of amides is 1. The van der Waals surface area contributed by atoms with E-state index in [2.05, 4.69) is 11.8 Å². The number of benzene rings is 1. The smallest absolute Gasteiger partial charge is 0.226 e. The summed E-state index contributed by atoms with van der Waals surface area (Å²) in [7, 11) is 1.90. The predicted octanol–water partition coefficient (Wildman–Crippen LogP) is 1.75. The van der Waals surface area contributed by atoms with Gasteiger partial charge in [0.1, 0.15) is 0 Å². The summed E-state index contributed by atoms with van der Waals surface area (Å²) in [5.74, 6) is 0.144. The Balaban J connectivity index is 1.91. The molecule has 1 saturated heterocycles. The zero-order chi connectivity index (χ0) is 14.5. The van der Waals surface area contributed by atoms with Gasteiger partial charge < -0.3 is 10.6 Å². The summed E-state index contributed by atoms with van der Waals surface area (Å²) >= 11 is 0. The number of para-hydroxylation sites is 1. The van der Waals surface area contributed by atoms with E-state index in [0.29, 0.717) is 18.2 Å². The van der Waals surface area contributed by atoms with Crippen LogP contribution in [0.25, 0.3) is 0 Å². The summed E-state index contributed by atoms with van der Waals surface area (Å²) in [6.45, 7) is 5.23. The normalized spacial score (nSPS) is 19.2. The van der Waals surface area contributed by atoms with E-state index < -0.39 is 0 Å². The molecule has 20 heavy (non-hydrogen) atoms. The van der Waals surface area contributed by atoms with Crippen molar-refractivity contribution in [2.24, 2.45) is 0 Å². The lowest BCUT2D eigenvalue weighted by Gasteiger charge is -2.28. The summed E-state index contributed by atoms with van der Waals surface area (Å²) in [6.07, 6.45) is 2.83. The van der Waals surface area contributed by atoms with E-state index in [1.54, 1.807) is 0 Å². The Morgan fingerprint density at radius 2 is 2.20 bits per heavy atom. The highest BCUT2D eigenvalue weighted by Gasteiger charge is 2.25. The largest absolute Gasteiger partial charge is 0.398 e. The zero-order valence-corrected chi connectivity index (χ0v) is 12.5. The summed E-state index contributed by atoms with van der Waals surface area (Å²) in [5.41, 5.74) is 7.52. The topological polar surface area (TPSA) is 49.6 Å². The van der Waals surface area contributed by atoms with Crippen molar-refractivity contribution in [3.63, 3.8) is 0 Å². The molecule has 0 aliphatic carbocycles. The van der Waals surface area contributed by atoms with Crippen molar-refractivity contribution >= 4 is 11.6 Å². The number of nitrogens with zero attached hydrogens (tertiary/aromatic N) is 2. The van der Waals surface area contributed by atoms with Gasteiger partial charge in [0.2, 0.25) is 5.91 Å². The molecule has 0 aromatic heterocycles. The van der Waals surface area contributed by atoms with Gasteiger partial charge in [-0.05, 0) is 37.6 Å². The molecule has 1 amide bonds. The summed E-state index contributed by atoms with van der Waals surface area (Å²) in [4.78, 5) is 16.6. The second kappa shape index (κ2) is 6.75. The van der Waals surface area contributed by atoms with Gasteiger partial charge in [0.15, 0.2) is 0 Å². The van der Waals surface area contributed by atoms with E-state index in [9.17, 15) is 4.79 Å². The number of carbonyl (C=O) groups excluding carboxylic acids is 1. The molecule has 1 aromatic carbocycles. The Labute approximate surface area is 121 Å². The standard InChI is InChI=1S/C16H25N3O/c1-3-19-10-6-8-14(19)12-18(2)16(20)11-13-7-4-5-9-15(13)17/h4-5,7,9,14H,3,6,8,10-12,17H2,1-2H3. The van der Waals surface area contributed by atoms with Crippen LogP contribution in [0.1, 0.15) is 25.3 Å². The van der Waals surface area contributed by atoms with Crippen molar-refractivity contribution in [2.75, 3.05) is 32.4 Å². The van der Waals surface area contributed by atoms with Crippen molar-refractivity contribution in [3.8, 4) is 0 Å². The molecule has 1 aliphatic rings. The minimum Gasteiger partial charge on any atom is -0.398 e. The molecular weight excluding hydrogens is 250 g/mol. The molecule has 1 aromatic rings. The highest BCUT2D eigenvalue weighted by molar-refractivity contribution is 5.80. The first kappa shape index (κ1) is 14.9. The predicted molar refractivity (Wildman–Crippen MR) is 82.5 cm³/mol. The maximum absolute atomic E-state index is 12.3. The van der Waals surface area contributed by atoms with Gasteiger partial charge in [-0.3, -0.25) is 9.69 Å². The fourth-order valence-corrected chi connectivity index (χ4v) is 2.93. The van der Waals surface area contributed by atoms with Gasteiger partial charge in [0, 0.05) is 25.3 Å². The van der Waals surface area contributed by atoms with E-state index in [0.717, 1.165) is 25.2 Å². The zero-order valence-electron chi connectivity index (χ0n) is 12.5. The molecule has 1 atom stereocenters. The van der Waals surface area contributed by atoms with Crippen LogP contribution < -0.4 is 5.73 Å². The van der Waals surface area contributed by atoms with Crippen molar-refractivity contribution < 1.29 is 4.79 Å². The number of hydrogen-bond acceptors (Lipinski definition) is 3. The average molecular weight is 275 g/mol. The minimum absolute atomic E-state index is 0.144. The molecule has 0 spiro atoms. The summed E-state index contributed by atoms with van der Waals surface area (Å²) in [5, 5.41) is 0. The third-order valence-electron chi connectivity index (χ3n) is 4.21. The van der Waals surface area contributed by atoms with Gasteiger partial charge in [0.25, 0.3) is 0 Å². The number of rotatable bonds is 5. The molecule has 0 saturated carbocycles. The molecule has 110 valence electrons. The number of hydrogen-bond donors (Lipinski definition) is 1. The van der Waals surface area contributed by atoms with Crippen LogP contribution in [0, 0.1) is 0 Å². The molecule has 0 bridgehead atoms. The van der Waals surface area contributed by atoms with Crippen LogP contribution in [0.3, 0.4) is 0 Å². The van der Waals surface area contributed by atoms with E-state index in [-0.39, 0.29) is 5.91 Å². The molecule has 1 heterocycles. The third-order valence-corrected chi connectivity index (χ3v) is 4.21. The van der Waals surface area contributed by atoms with Crippen molar-refractivity contribution in [1.29, 1.82) is 0 Å². The number of carbonyl (C=O) groups is 1. The van der Waals surface area contributed by atoms with Crippen LogP contribution in [-0.2, 0) is 11.2 Å². The molecule has 1 aliphatic heterocycles. The lowest BCUT2D eigenvalue weighted by atomic mass is 10.1. The van der Waals surface area contributed by atoms with Gasteiger partial charge in [-0.2, -0.15) is 0 Å². The Morgan fingerprint density at radius 3 is 2.90 bits per heavy atom. The van der Waals surface area contributed by atoms with Gasteiger partial charge in [-0.15, -0.1) is 0 Å². The molecule has 4 nitrogen and oxygen atoms in total. The molecule has 1 fully saturated rings. The average Bonchev–Trinajstić information content (AvgIpc) is 2.88. The summed E-state index contributed by atoms with van der Waals surface area (Å²) < 4.78 is 0. The van der Waals surface area contributed by atoms with Gasteiger partial charge >= 0.3 is 0 Å². The van der Waals surface area contributed by atoms with Crippen LogP contribution >= 0.6 is 0 Å². The van der Waals surface area contributed by atoms with Crippen LogP contribution in [0.2, 0.25) is 0 Å². The Morgan fingerprint density at radius 1 is 1.45 bits per heavy atom. The second-order valence-electron chi connectivity index (χ2n) is 5.57. The molecule has 1 unspecified atom stereocenters. The highest BCUT2D eigenvalue weighted by atomic mass is 16.2. The number of nitrogens with two attached hydrogens (primary N) is 1. The van der Waals surface area contributed by atoms with Crippen molar-refractivity contribution in [1.82, 2.24) is 9.80 Å². The maximum Gasteiger partial charge on any atom is 0.226 e. The molecule has 2 rings (SSSR count). The second-order valence-corrected chi connectivity index (χ2v) is 5.57. The van der Waals surface area contributed by atoms with Gasteiger partial charge in [-0.1, -0.05) is 25.1 Å². The molecule has 4 heteroatoms. The van der Waals surface area contributed by atoms with Crippen LogP contribution in [-0.4, -0.2) is 48.4 Å². The molecule has 0 radical (unpaired) electrons. The fraction of sp³-hybridized carbons (Fsp3) is 0.562. The Kier molecular flexibility index (Phi) is 5.01. The highest BCUT2D eigenvalue weighted by Crippen LogP contribution is 2.18. The Bertz CT molecular complexity index is 461. The number of likely N-dealkylation sites (N-methyl/N-ethyl adjacent to an activating group) is 2. The number of anilines is 1. The Hall–Kier alpha value is -1.55.